The lowest BCUT2D eigenvalue weighted by molar-refractivity contribution is -0.128. The van der Waals surface area contributed by atoms with Gasteiger partial charge in [-0.05, 0) is 17.7 Å². The third-order valence-corrected chi connectivity index (χ3v) is 4.19. The van der Waals surface area contributed by atoms with Crippen molar-refractivity contribution in [2.45, 2.75) is 18.2 Å². The van der Waals surface area contributed by atoms with Gasteiger partial charge >= 0.3 is 10.2 Å². The lowest BCUT2D eigenvalue weighted by atomic mass is 10.2. The second-order valence-corrected chi connectivity index (χ2v) is 6.26. The molecule has 0 radical (unpaired) electrons. The average molecular weight is 292 g/mol. The highest BCUT2D eigenvalue weighted by Gasteiger charge is 2.38. The van der Waals surface area contributed by atoms with Gasteiger partial charge in [-0.2, -0.15) is 8.42 Å². The third-order valence-electron chi connectivity index (χ3n) is 2.84. The summed E-state index contributed by atoms with van der Waals surface area (Å²) in [6, 6.07) is 6.90. The highest BCUT2D eigenvalue weighted by atomic mass is 35.5. The largest absolute Gasteiger partial charge is 0.337 e. The maximum Gasteiger partial charge on any atom is 0.307 e. The molecule has 98 valence electrons. The summed E-state index contributed by atoms with van der Waals surface area (Å²) in [5.41, 5.74) is 0.785. The molecule has 18 heavy (non-hydrogen) atoms. The summed E-state index contributed by atoms with van der Waals surface area (Å²) in [6.07, 6.45) is -0.292. The van der Waals surface area contributed by atoms with Crippen LogP contribution in [0.1, 0.15) is 12.0 Å². The van der Waals surface area contributed by atoms with Gasteiger partial charge < -0.3 is 4.90 Å². The molecule has 2 rings (SSSR count). The van der Waals surface area contributed by atoms with Gasteiger partial charge in [0.25, 0.3) is 0 Å². The lowest BCUT2D eigenvalue weighted by Crippen LogP contribution is -2.26. The number of nitrogens with zero attached hydrogens (tertiary/aromatic N) is 1. The zero-order valence-electron chi connectivity index (χ0n) is 9.34. The van der Waals surface area contributed by atoms with Crippen LogP contribution in [0.25, 0.3) is 0 Å². The van der Waals surface area contributed by atoms with Gasteiger partial charge in [-0.3, -0.25) is 4.79 Å². The second kappa shape index (κ2) is 4.85. The molecule has 0 aliphatic carbocycles. The first-order valence-electron chi connectivity index (χ1n) is 5.32. The van der Waals surface area contributed by atoms with Crippen LogP contribution in [0.15, 0.2) is 24.3 Å². The van der Waals surface area contributed by atoms with Crippen LogP contribution in [0.2, 0.25) is 5.02 Å². The minimum absolute atomic E-state index is 0.107. The molecule has 0 bridgehead atoms. The molecule has 0 spiro atoms. The number of carbonyl (C=O) groups is 1. The quantitative estimate of drug-likeness (QED) is 0.797. The molecule has 1 heterocycles. The van der Waals surface area contributed by atoms with E-state index in [-0.39, 0.29) is 25.4 Å². The first-order chi connectivity index (χ1) is 8.36. The number of rotatable bonds is 3. The number of amides is 1. The molecule has 1 saturated heterocycles. The Kier molecular flexibility index (Phi) is 3.59. The minimum atomic E-state index is -4.66. The molecule has 1 aromatic carbocycles. The fourth-order valence-corrected chi connectivity index (χ4v) is 2.85. The molecule has 1 aliphatic heterocycles. The molecule has 1 amide bonds. The first kappa shape index (κ1) is 13.3. The molecule has 1 aromatic rings. The van der Waals surface area contributed by atoms with Crippen molar-refractivity contribution >= 4 is 27.7 Å². The van der Waals surface area contributed by atoms with E-state index >= 15 is 0 Å². The summed E-state index contributed by atoms with van der Waals surface area (Å²) < 4.78 is 34.3. The Morgan fingerprint density at radius 2 is 2.17 bits per heavy atom. The molecule has 4 nitrogen and oxygen atoms in total. The molecule has 1 atom stereocenters. The standard InChI is InChI=1S/C11H11ClFNO3S/c12-9-3-1-2-8(4-9)6-14-7-10(5-11(14)15)18(13,16)17/h1-4,10H,5-7H2. The summed E-state index contributed by atoms with van der Waals surface area (Å²) in [5.74, 6) is -0.360. The van der Waals surface area contributed by atoms with Crippen LogP contribution in [-0.4, -0.2) is 31.0 Å². The van der Waals surface area contributed by atoms with Crippen LogP contribution in [0.5, 0.6) is 0 Å². The number of halogens is 2. The molecular weight excluding hydrogens is 281 g/mol. The van der Waals surface area contributed by atoms with Gasteiger partial charge in [0.05, 0.1) is 0 Å². The highest BCUT2D eigenvalue weighted by molar-refractivity contribution is 7.87. The zero-order chi connectivity index (χ0) is 13.3. The minimum Gasteiger partial charge on any atom is -0.337 e. The average Bonchev–Trinajstić information content (AvgIpc) is 2.60. The molecule has 1 aliphatic rings. The van der Waals surface area contributed by atoms with Crippen LogP contribution >= 0.6 is 11.6 Å². The highest BCUT2D eigenvalue weighted by Crippen LogP contribution is 2.22. The van der Waals surface area contributed by atoms with E-state index in [1.54, 1.807) is 24.3 Å². The normalized spacial score (nSPS) is 20.4. The molecule has 0 saturated carbocycles. The van der Waals surface area contributed by atoms with Gasteiger partial charge in [0, 0.05) is 24.5 Å². The Morgan fingerprint density at radius 3 is 2.72 bits per heavy atom. The van der Waals surface area contributed by atoms with Crippen LogP contribution in [-0.2, 0) is 21.6 Å². The van der Waals surface area contributed by atoms with Gasteiger partial charge in [0.15, 0.2) is 0 Å². The van der Waals surface area contributed by atoms with Crippen molar-refractivity contribution in [1.82, 2.24) is 4.90 Å². The Balaban J connectivity index is 2.10. The van der Waals surface area contributed by atoms with Crippen LogP contribution in [0.4, 0.5) is 3.89 Å². The molecule has 1 unspecified atom stereocenters. The predicted molar refractivity (Wildman–Crippen MR) is 65.3 cm³/mol. The molecule has 0 aromatic heterocycles. The summed E-state index contributed by atoms with van der Waals surface area (Å²) in [7, 11) is -4.66. The van der Waals surface area contributed by atoms with E-state index in [0.717, 1.165) is 5.56 Å². The second-order valence-electron chi connectivity index (χ2n) is 4.21. The molecule has 1 fully saturated rings. The van der Waals surface area contributed by atoms with Crippen molar-refractivity contribution in [2.24, 2.45) is 0 Å². The lowest BCUT2D eigenvalue weighted by Gasteiger charge is -2.16. The van der Waals surface area contributed by atoms with Gasteiger partial charge in [-0.1, -0.05) is 23.7 Å². The number of carbonyl (C=O) groups excluding carboxylic acids is 1. The zero-order valence-corrected chi connectivity index (χ0v) is 10.9. The fourth-order valence-electron chi connectivity index (χ4n) is 1.93. The Hall–Kier alpha value is -1.14. The monoisotopic (exact) mass is 291 g/mol. The van der Waals surface area contributed by atoms with Crippen molar-refractivity contribution in [3.63, 3.8) is 0 Å². The van der Waals surface area contributed by atoms with Gasteiger partial charge in [-0.25, -0.2) is 0 Å². The summed E-state index contributed by atoms with van der Waals surface area (Å²) in [5, 5.41) is -0.710. The van der Waals surface area contributed by atoms with E-state index in [9.17, 15) is 17.1 Å². The first-order valence-corrected chi connectivity index (χ1v) is 7.14. The topological polar surface area (TPSA) is 54.5 Å². The summed E-state index contributed by atoms with van der Waals surface area (Å²) in [6.45, 7) is 0.135. The Morgan fingerprint density at radius 1 is 1.44 bits per heavy atom. The van der Waals surface area contributed by atoms with Crippen LogP contribution < -0.4 is 0 Å². The van der Waals surface area contributed by atoms with Gasteiger partial charge in [0.2, 0.25) is 5.91 Å². The maximum atomic E-state index is 12.8. The SMILES string of the molecule is O=C1CC(S(=O)(=O)F)CN1Cc1cccc(Cl)c1. The van der Waals surface area contributed by atoms with Gasteiger partial charge in [-0.15, -0.1) is 3.89 Å². The van der Waals surface area contributed by atoms with Crippen molar-refractivity contribution < 1.29 is 17.1 Å². The van der Waals surface area contributed by atoms with E-state index < -0.39 is 15.5 Å². The number of likely N-dealkylation sites (tertiary alicyclic amines) is 1. The molecule has 0 N–H and O–H groups in total. The molecule has 7 heteroatoms. The summed E-state index contributed by atoms with van der Waals surface area (Å²) in [4.78, 5) is 12.9. The van der Waals surface area contributed by atoms with E-state index in [1.165, 1.54) is 4.90 Å². The third kappa shape index (κ3) is 3.00. The van der Waals surface area contributed by atoms with Crippen molar-refractivity contribution in [3.05, 3.63) is 34.9 Å². The summed E-state index contributed by atoms with van der Waals surface area (Å²) >= 11 is 5.81. The molecular formula is C11H11ClFNO3S. The van der Waals surface area contributed by atoms with E-state index in [1.807, 2.05) is 0 Å². The van der Waals surface area contributed by atoms with E-state index in [0.29, 0.717) is 5.02 Å². The van der Waals surface area contributed by atoms with E-state index in [4.69, 9.17) is 11.6 Å². The fraction of sp³-hybridized carbons (Fsp3) is 0.364. The van der Waals surface area contributed by atoms with Crippen LogP contribution in [0.3, 0.4) is 0 Å². The Bertz CT molecular complexity index is 575. The Labute approximate surface area is 110 Å². The van der Waals surface area contributed by atoms with Crippen molar-refractivity contribution in [2.75, 3.05) is 6.54 Å². The number of hydrogen-bond donors (Lipinski definition) is 0. The number of hydrogen-bond acceptors (Lipinski definition) is 3. The van der Waals surface area contributed by atoms with Gasteiger partial charge in [0.1, 0.15) is 5.25 Å². The van der Waals surface area contributed by atoms with Crippen LogP contribution in [0, 0.1) is 0 Å². The predicted octanol–water partition coefficient (Wildman–Crippen LogP) is 1.74. The van der Waals surface area contributed by atoms with E-state index in [2.05, 4.69) is 0 Å². The smallest absolute Gasteiger partial charge is 0.307 e. The van der Waals surface area contributed by atoms with Crippen molar-refractivity contribution in [3.8, 4) is 0 Å². The van der Waals surface area contributed by atoms with Crippen molar-refractivity contribution in [1.29, 1.82) is 0 Å². The maximum absolute atomic E-state index is 12.8. The number of benzene rings is 1.